The molecule has 0 bridgehead atoms. The standard InChI is InChI=1S/C18H11BrN4O2/c19-12-3-4-15-13(8-12)14(18(24)22-17-5-7-25-23-17)9-16(21-15)11-2-1-6-20-10-11/h1-10H,(H,22,23,24). The first kappa shape index (κ1) is 15.5. The molecule has 1 aromatic carbocycles. The maximum absolute atomic E-state index is 12.8. The van der Waals surface area contributed by atoms with Crippen molar-refractivity contribution in [2.45, 2.75) is 0 Å². The fraction of sp³-hybridized carbons (Fsp3) is 0. The number of nitrogens with one attached hydrogen (secondary N) is 1. The zero-order valence-corrected chi connectivity index (χ0v) is 14.4. The molecular formula is C18H11BrN4O2. The van der Waals surface area contributed by atoms with Gasteiger partial charge in [-0.15, -0.1) is 0 Å². The van der Waals surface area contributed by atoms with Gasteiger partial charge in [0.25, 0.3) is 5.91 Å². The Morgan fingerprint density at radius 2 is 2.08 bits per heavy atom. The van der Waals surface area contributed by atoms with Gasteiger partial charge in [-0.25, -0.2) is 4.98 Å². The Hall–Kier alpha value is -3.06. The van der Waals surface area contributed by atoms with Crippen molar-refractivity contribution in [2.75, 3.05) is 5.32 Å². The van der Waals surface area contributed by atoms with Crippen molar-refractivity contribution < 1.29 is 9.32 Å². The maximum atomic E-state index is 12.8. The van der Waals surface area contributed by atoms with E-state index < -0.39 is 0 Å². The molecule has 0 fully saturated rings. The molecule has 1 amide bonds. The highest BCUT2D eigenvalue weighted by Crippen LogP contribution is 2.27. The third-order valence-electron chi connectivity index (χ3n) is 3.65. The molecule has 0 aliphatic heterocycles. The fourth-order valence-corrected chi connectivity index (χ4v) is 2.87. The van der Waals surface area contributed by atoms with Crippen molar-refractivity contribution in [2.24, 2.45) is 0 Å². The van der Waals surface area contributed by atoms with Crippen molar-refractivity contribution >= 4 is 38.6 Å². The second-order valence-corrected chi connectivity index (χ2v) is 6.21. The van der Waals surface area contributed by atoms with Crippen molar-refractivity contribution in [3.63, 3.8) is 0 Å². The zero-order chi connectivity index (χ0) is 17.2. The predicted molar refractivity (Wildman–Crippen MR) is 97.1 cm³/mol. The van der Waals surface area contributed by atoms with Gasteiger partial charge in [0.15, 0.2) is 5.82 Å². The van der Waals surface area contributed by atoms with Gasteiger partial charge in [-0.1, -0.05) is 21.1 Å². The molecule has 7 heteroatoms. The summed E-state index contributed by atoms with van der Waals surface area (Å²) < 4.78 is 5.63. The highest BCUT2D eigenvalue weighted by atomic mass is 79.9. The lowest BCUT2D eigenvalue weighted by Gasteiger charge is -2.10. The van der Waals surface area contributed by atoms with E-state index in [1.54, 1.807) is 24.5 Å². The van der Waals surface area contributed by atoms with Crippen LogP contribution in [0, 0.1) is 0 Å². The third-order valence-corrected chi connectivity index (χ3v) is 4.15. The number of hydrogen-bond acceptors (Lipinski definition) is 5. The topological polar surface area (TPSA) is 80.9 Å². The predicted octanol–water partition coefficient (Wildman–Crippen LogP) is 4.30. The van der Waals surface area contributed by atoms with Crippen molar-refractivity contribution in [1.29, 1.82) is 0 Å². The van der Waals surface area contributed by atoms with Crippen molar-refractivity contribution in [1.82, 2.24) is 15.1 Å². The monoisotopic (exact) mass is 394 g/mol. The van der Waals surface area contributed by atoms with Gasteiger partial charge < -0.3 is 9.84 Å². The zero-order valence-electron chi connectivity index (χ0n) is 12.8. The van der Waals surface area contributed by atoms with Gasteiger partial charge in [-0.3, -0.25) is 9.78 Å². The number of anilines is 1. The van der Waals surface area contributed by atoms with Crippen LogP contribution in [0.1, 0.15) is 10.4 Å². The van der Waals surface area contributed by atoms with E-state index >= 15 is 0 Å². The first-order chi connectivity index (χ1) is 12.2. The highest BCUT2D eigenvalue weighted by Gasteiger charge is 2.15. The molecule has 122 valence electrons. The van der Waals surface area contributed by atoms with Crippen molar-refractivity contribution in [3.8, 4) is 11.3 Å². The molecule has 0 unspecified atom stereocenters. The Balaban J connectivity index is 1.87. The minimum atomic E-state index is -0.287. The first-order valence-electron chi connectivity index (χ1n) is 7.43. The second kappa shape index (κ2) is 6.45. The molecule has 0 radical (unpaired) electrons. The van der Waals surface area contributed by atoms with E-state index in [-0.39, 0.29) is 5.91 Å². The van der Waals surface area contributed by atoms with Crippen LogP contribution < -0.4 is 5.32 Å². The van der Waals surface area contributed by atoms with E-state index in [2.05, 4.69) is 36.4 Å². The molecule has 25 heavy (non-hydrogen) atoms. The summed E-state index contributed by atoms with van der Waals surface area (Å²) in [7, 11) is 0. The normalized spacial score (nSPS) is 10.8. The van der Waals surface area contributed by atoms with Gasteiger partial charge >= 0.3 is 0 Å². The summed E-state index contributed by atoms with van der Waals surface area (Å²) in [4.78, 5) is 21.5. The molecular weight excluding hydrogens is 384 g/mol. The van der Waals surface area contributed by atoms with Crippen molar-refractivity contribution in [3.05, 3.63) is 71.2 Å². The summed E-state index contributed by atoms with van der Waals surface area (Å²) in [5.41, 5.74) is 2.72. The quantitative estimate of drug-likeness (QED) is 0.560. The van der Waals surface area contributed by atoms with Crippen LogP contribution in [-0.2, 0) is 0 Å². The van der Waals surface area contributed by atoms with E-state index in [0.29, 0.717) is 17.1 Å². The number of rotatable bonds is 3. The Morgan fingerprint density at radius 1 is 1.16 bits per heavy atom. The Kier molecular flexibility index (Phi) is 3.99. The van der Waals surface area contributed by atoms with E-state index in [1.807, 2.05) is 30.3 Å². The van der Waals surface area contributed by atoms with Gasteiger partial charge in [0.2, 0.25) is 0 Å². The average molecular weight is 395 g/mol. The van der Waals surface area contributed by atoms with Gasteiger partial charge in [-0.2, -0.15) is 0 Å². The van der Waals surface area contributed by atoms with E-state index in [4.69, 9.17) is 4.52 Å². The number of aromatic nitrogens is 3. The maximum Gasteiger partial charge on any atom is 0.257 e. The molecule has 0 aliphatic carbocycles. The number of benzene rings is 1. The third kappa shape index (κ3) is 3.14. The number of fused-ring (bicyclic) bond motifs is 1. The summed E-state index contributed by atoms with van der Waals surface area (Å²) in [6, 6.07) is 12.7. The number of carbonyl (C=O) groups excluding carboxylic acids is 1. The van der Waals surface area contributed by atoms with Crippen LogP contribution in [-0.4, -0.2) is 21.0 Å². The molecule has 1 N–H and O–H groups in total. The van der Waals surface area contributed by atoms with Crippen LogP contribution in [0.4, 0.5) is 5.82 Å². The largest absolute Gasteiger partial charge is 0.363 e. The Bertz CT molecular complexity index is 1050. The smallest absolute Gasteiger partial charge is 0.257 e. The van der Waals surface area contributed by atoms with Crippen LogP contribution in [0.2, 0.25) is 0 Å². The lowest BCUT2D eigenvalue weighted by molar-refractivity contribution is 0.102. The number of pyridine rings is 2. The summed E-state index contributed by atoms with van der Waals surface area (Å²) in [5, 5.41) is 7.18. The SMILES string of the molecule is O=C(Nc1ccon1)c1cc(-c2cccnc2)nc2ccc(Br)cc12. The number of halogens is 1. The van der Waals surface area contributed by atoms with Crippen LogP contribution in [0.25, 0.3) is 22.2 Å². The average Bonchev–Trinajstić information content (AvgIpc) is 3.14. The summed E-state index contributed by atoms with van der Waals surface area (Å²) in [6.07, 6.45) is 4.81. The summed E-state index contributed by atoms with van der Waals surface area (Å²) >= 11 is 3.44. The molecule has 0 saturated carbocycles. The minimum Gasteiger partial charge on any atom is -0.363 e. The van der Waals surface area contributed by atoms with Gasteiger partial charge in [0, 0.05) is 33.9 Å². The van der Waals surface area contributed by atoms with E-state index in [9.17, 15) is 4.79 Å². The number of nitrogens with zero attached hydrogens (tertiary/aromatic N) is 3. The van der Waals surface area contributed by atoms with Gasteiger partial charge in [0.05, 0.1) is 16.8 Å². The number of amides is 1. The van der Waals surface area contributed by atoms with Crippen LogP contribution in [0.15, 0.2) is 70.1 Å². The Labute approximate surface area is 151 Å². The van der Waals surface area contributed by atoms with Gasteiger partial charge in [-0.05, 0) is 36.4 Å². The van der Waals surface area contributed by atoms with Gasteiger partial charge in [0.1, 0.15) is 6.26 Å². The lowest BCUT2D eigenvalue weighted by Crippen LogP contribution is -2.13. The van der Waals surface area contributed by atoms with E-state index in [1.165, 1.54) is 6.26 Å². The van der Waals surface area contributed by atoms with Crippen LogP contribution in [0.5, 0.6) is 0 Å². The number of carbonyl (C=O) groups is 1. The molecule has 0 atom stereocenters. The summed E-state index contributed by atoms with van der Waals surface area (Å²) in [6.45, 7) is 0. The molecule has 3 heterocycles. The highest BCUT2D eigenvalue weighted by molar-refractivity contribution is 9.10. The minimum absolute atomic E-state index is 0.287. The lowest BCUT2D eigenvalue weighted by atomic mass is 10.0. The fourth-order valence-electron chi connectivity index (χ4n) is 2.51. The van der Waals surface area contributed by atoms with Crippen LogP contribution in [0.3, 0.4) is 0 Å². The van der Waals surface area contributed by atoms with Crippen LogP contribution >= 0.6 is 15.9 Å². The number of hydrogen-bond donors (Lipinski definition) is 1. The molecule has 0 spiro atoms. The molecule has 3 aromatic heterocycles. The molecule has 4 rings (SSSR count). The Morgan fingerprint density at radius 3 is 2.84 bits per heavy atom. The first-order valence-corrected chi connectivity index (χ1v) is 8.22. The molecule has 4 aromatic rings. The molecule has 0 aliphatic rings. The molecule has 0 saturated heterocycles. The van der Waals surface area contributed by atoms with E-state index in [0.717, 1.165) is 20.9 Å². The molecule has 6 nitrogen and oxygen atoms in total. The summed E-state index contributed by atoms with van der Waals surface area (Å²) in [5.74, 6) is 0.0671. The second-order valence-electron chi connectivity index (χ2n) is 5.30.